The normalized spacial score (nSPS) is 13.7. The van der Waals surface area contributed by atoms with E-state index in [-0.39, 0.29) is 35.0 Å². The second-order valence-corrected chi connectivity index (χ2v) is 5.73. The van der Waals surface area contributed by atoms with Crippen molar-refractivity contribution in [1.82, 2.24) is 10.4 Å². The van der Waals surface area contributed by atoms with Crippen LogP contribution in [-0.4, -0.2) is 28.6 Å². The molecule has 10 heteroatoms. The van der Waals surface area contributed by atoms with Crippen LogP contribution in [0, 0.1) is 23.1 Å². The Bertz CT molecular complexity index is 916. The van der Waals surface area contributed by atoms with E-state index in [1.54, 1.807) is 12.3 Å². The molecule has 0 aliphatic carbocycles. The molecule has 9 nitrogen and oxygen atoms in total. The van der Waals surface area contributed by atoms with Gasteiger partial charge < -0.3 is 16.5 Å². The van der Waals surface area contributed by atoms with Crippen molar-refractivity contribution in [2.75, 3.05) is 22.6 Å². The SMILES string of the molecule is Cc1cccnc1NCc1cc(F)c(N2CC(=O)N[N+]2=O)c(N)c1C=N. The molecule has 5 N–H and O–H groups in total. The first-order valence-electron chi connectivity index (χ1n) is 7.73. The molecule has 1 aliphatic rings. The largest absolute Gasteiger partial charge is 0.396 e. The monoisotopic (exact) mass is 358 g/mol. The summed E-state index contributed by atoms with van der Waals surface area (Å²) in [5, 5.41) is 11.5. The minimum absolute atomic E-state index is 0.0908. The minimum atomic E-state index is -0.764. The van der Waals surface area contributed by atoms with Crippen LogP contribution in [0.5, 0.6) is 0 Å². The quantitative estimate of drug-likeness (QED) is 0.362. The number of halogens is 1. The zero-order valence-electron chi connectivity index (χ0n) is 13.9. The number of nitrogens with zero attached hydrogens (tertiary/aromatic N) is 3. The number of aromatic nitrogens is 1. The lowest BCUT2D eigenvalue weighted by atomic mass is 10.0. The Kier molecular flexibility index (Phi) is 4.48. The molecule has 26 heavy (non-hydrogen) atoms. The van der Waals surface area contributed by atoms with Crippen LogP contribution >= 0.6 is 0 Å². The molecular weight excluding hydrogens is 341 g/mol. The highest BCUT2D eigenvalue weighted by Gasteiger charge is 2.40. The molecule has 2 heterocycles. The van der Waals surface area contributed by atoms with Gasteiger partial charge in [0.15, 0.2) is 18.0 Å². The van der Waals surface area contributed by atoms with Crippen LogP contribution in [0.2, 0.25) is 0 Å². The van der Waals surface area contributed by atoms with Crippen LogP contribution in [0.15, 0.2) is 24.4 Å². The van der Waals surface area contributed by atoms with Gasteiger partial charge in [-0.3, -0.25) is 4.79 Å². The lowest BCUT2D eigenvalue weighted by molar-refractivity contribution is -0.591. The summed E-state index contributed by atoms with van der Waals surface area (Å²) < 4.78 is 14.6. The van der Waals surface area contributed by atoms with Crippen molar-refractivity contribution in [1.29, 1.82) is 5.41 Å². The molecule has 1 amide bonds. The number of benzene rings is 1. The summed E-state index contributed by atoms with van der Waals surface area (Å²) in [6, 6.07) is 4.87. The Balaban J connectivity index is 1.95. The molecular formula is C16H17FN7O2+. The molecule has 1 saturated heterocycles. The van der Waals surface area contributed by atoms with Gasteiger partial charge in [-0.15, -0.1) is 0 Å². The van der Waals surface area contributed by atoms with Crippen LogP contribution in [0.25, 0.3) is 0 Å². The second-order valence-electron chi connectivity index (χ2n) is 5.73. The Morgan fingerprint density at radius 3 is 2.96 bits per heavy atom. The van der Waals surface area contributed by atoms with E-state index in [0.29, 0.717) is 11.4 Å². The molecule has 134 valence electrons. The van der Waals surface area contributed by atoms with Crippen LogP contribution in [0.1, 0.15) is 16.7 Å². The van der Waals surface area contributed by atoms with Crippen LogP contribution < -0.4 is 21.5 Å². The number of nitroso groups, excluding NO2 is 1. The predicted octanol–water partition coefficient (Wildman–Crippen LogP) is 1.27. The maximum atomic E-state index is 14.6. The summed E-state index contributed by atoms with van der Waals surface area (Å²) in [5.74, 6) is -0.710. The third-order valence-electron chi connectivity index (χ3n) is 4.01. The number of nitrogens with two attached hydrogens (primary N) is 1. The fourth-order valence-electron chi connectivity index (χ4n) is 2.73. The number of carbonyl (C=O) groups excluding carboxylic acids is 1. The Hall–Kier alpha value is -3.56. The number of hydrogen-bond donors (Lipinski definition) is 4. The Labute approximate surface area is 148 Å². The Morgan fingerprint density at radius 2 is 2.35 bits per heavy atom. The van der Waals surface area contributed by atoms with Crippen molar-refractivity contribution in [3.8, 4) is 0 Å². The van der Waals surface area contributed by atoms with Crippen molar-refractivity contribution >= 4 is 29.3 Å². The molecule has 0 saturated carbocycles. The van der Waals surface area contributed by atoms with Gasteiger partial charge in [0, 0.05) is 24.5 Å². The average molecular weight is 358 g/mol. The predicted molar refractivity (Wildman–Crippen MR) is 94.1 cm³/mol. The fraction of sp³-hybridized carbons (Fsp3) is 0.188. The molecule has 1 aliphatic heterocycles. The van der Waals surface area contributed by atoms with Crippen molar-refractivity contribution in [2.24, 2.45) is 0 Å². The van der Waals surface area contributed by atoms with Crippen molar-refractivity contribution in [3.63, 3.8) is 0 Å². The zero-order valence-corrected chi connectivity index (χ0v) is 13.9. The molecule has 0 spiro atoms. The molecule has 2 aromatic rings. The summed E-state index contributed by atoms with van der Waals surface area (Å²) in [6.45, 7) is 1.71. The average Bonchev–Trinajstić information content (AvgIpc) is 2.92. The number of anilines is 3. The van der Waals surface area contributed by atoms with E-state index in [1.165, 1.54) is 6.07 Å². The molecule has 3 rings (SSSR count). The van der Waals surface area contributed by atoms with E-state index in [2.05, 4.69) is 10.3 Å². The number of hydrogen-bond acceptors (Lipinski definition) is 6. The highest BCUT2D eigenvalue weighted by molar-refractivity contribution is 5.94. The van der Waals surface area contributed by atoms with Crippen molar-refractivity contribution < 1.29 is 14.2 Å². The first kappa shape index (κ1) is 17.3. The second kappa shape index (κ2) is 6.75. The van der Waals surface area contributed by atoms with E-state index in [0.717, 1.165) is 16.8 Å². The number of rotatable bonds is 5. The highest BCUT2D eigenvalue weighted by Crippen LogP contribution is 2.33. The smallest absolute Gasteiger partial charge is 0.307 e. The summed E-state index contributed by atoms with van der Waals surface area (Å²) in [6.07, 6.45) is 2.62. The minimum Gasteiger partial charge on any atom is -0.396 e. The van der Waals surface area contributed by atoms with Gasteiger partial charge in [-0.25, -0.2) is 9.37 Å². The van der Waals surface area contributed by atoms with E-state index in [1.807, 2.05) is 18.4 Å². The van der Waals surface area contributed by atoms with Gasteiger partial charge in [0.25, 0.3) is 4.98 Å². The van der Waals surface area contributed by atoms with Gasteiger partial charge in [-0.05, 0) is 30.2 Å². The lowest BCUT2D eigenvalue weighted by Gasteiger charge is -2.16. The third-order valence-corrected chi connectivity index (χ3v) is 4.01. The van der Waals surface area contributed by atoms with E-state index in [9.17, 15) is 14.1 Å². The standard InChI is InChI=1S/C16H16FN7O2/c1-9-3-2-4-20-16(9)21-7-10-5-12(17)15(14(19)11(10)6-18)23-8-13(25)22-24(23)26/h2-6H,7-8H2,1H3,(H4-,18,19,20,21,22,25,26)/p+1. The number of nitrogen functional groups attached to an aromatic ring is 1. The van der Waals surface area contributed by atoms with E-state index < -0.39 is 11.7 Å². The van der Waals surface area contributed by atoms with Crippen LogP contribution in [0.3, 0.4) is 0 Å². The first-order chi connectivity index (χ1) is 12.4. The van der Waals surface area contributed by atoms with Gasteiger partial charge in [0.05, 0.1) is 10.6 Å². The number of aryl methyl sites for hydroxylation is 1. The van der Waals surface area contributed by atoms with Gasteiger partial charge in [-0.1, -0.05) is 16.5 Å². The molecule has 1 fully saturated rings. The van der Waals surface area contributed by atoms with Gasteiger partial charge in [-0.2, -0.15) is 0 Å². The highest BCUT2D eigenvalue weighted by atomic mass is 19.1. The number of amides is 1. The number of hydrazine groups is 2. The molecule has 0 bridgehead atoms. The fourth-order valence-corrected chi connectivity index (χ4v) is 2.73. The third kappa shape index (κ3) is 3.04. The first-order valence-corrected chi connectivity index (χ1v) is 7.73. The molecule has 1 aromatic heterocycles. The molecule has 1 aromatic carbocycles. The summed E-state index contributed by atoms with van der Waals surface area (Å²) in [7, 11) is 0. The van der Waals surface area contributed by atoms with E-state index >= 15 is 0 Å². The number of pyridine rings is 1. The zero-order chi connectivity index (χ0) is 18.8. The number of nitrogens with one attached hydrogen (secondary N) is 3. The van der Waals surface area contributed by atoms with Gasteiger partial charge >= 0.3 is 5.91 Å². The lowest BCUT2D eigenvalue weighted by Crippen LogP contribution is -2.32. The van der Waals surface area contributed by atoms with Crippen molar-refractivity contribution in [3.05, 3.63) is 51.8 Å². The van der Waals surface area contributed by atoms with Crippen LogP contribution in [0.4, 0.5) is 21.6 Å². The summed E-state index contributed by atoms with van der Waals surface area (Å²) >= 11 is 0. The summed E-state index contributed by atoms with van der Waals surface area (Å²) in [4.78, 5) is 27.4. The van der Waals surface area contributed by atoms with Gasteiger partial charge in [0.1, 0.15) is 5.82 Å². The maximum Gasteiger partial charge on any atom is 0.307 e. The van der Waals surface area contributed by atoms with Crippen LogP contribution in [-0.2, 0) is 11.3 Å². The Morgan fingerprint density at radius 1 is 1.58 bits per heavy atom. The molecule has 0 unspecified atom stereocenters. The molecule has 0 radical (unpaired) electrons. The van der Waals surface area contributed by atoms with Crippen molar-refractivity contribution in [2.45, 2.75) is 13.5 Å². The maximum absolute atomic E-state index is 14.6. The topological polar surface area (TPSA) is 127 Å². The van der Waals surface area contributed by atoms with E-state index in [4.69, 9.17) is 11.1 Å². The van der Waals surface area contributed by atoms with Gasteiger partial charge in [0.2, 0.25) is 0 Å². The summed E-state index contributed by atoms with van der Waals surface area (Å²) in [5.41, 5.74) is 9.26. The number of carbonyl (C=O) groups is 1. The molecule has 0 atom stereocenters.